The smallest absolute Gasteiger partial charge is 0.223 e. The van der Waals surface area contributed by atoms with Crippen LogP contribution in [0.5, 0.6) is 0 Å². The van der Waals surface area contributed by atoms with E-state index in [-0.39, 0.29) is 0 Å². The zero-order valence-electron chi connectivity index (χ0n) is 13.6. The fourth-order valence-electron chi connectivity index (χ4n) is 2.51. The van der Waals surface area contributed by atoms with Gasteiger partial charge >= 0.3 is 0 Å². The Kier molecular flexibility index (Phi) is 4.57. The molecule has 3 heterocycles. The van der Waals surface area contributed by atoms with E-state index in [1.165, 1.54) is 0 Å². The third-order valence-electron chi connectivity index (χ3n) is 3.78. The van der Waals surface area contributed by atoms with E-state index in [9.17, 15) is 0 Å². The molecule has 1 aromatic carbocycles. The molecule has 0 saturated heterocycles. The molecule has 0 amide bonds. The summed E-state index contributed by atoms with van der Waals surface area (Å²) in [6.07, 6.45) is 8.24. The van der Waals surface area contributed by atoms with Crippen molar-refractivity contribution < 1.29 is 4.42 Å². The van der Waals surface area contributed by atoms with Crippen LogP contribution in [0.15, 0.2) is 71.9 Å². The Morgan fingerprint density at radius 2 is 1.92 bits per heavy atom. The molecule has 0 unspecified atom stereocenters. The number of hydrogen-bond acceptors (Lipinski definition) is 6. The molecule has 4 aromatic rings. The molecule has 0 atom stereocenters. The van der Waals surface area contributed by atoms with E-state index in [1.807, 2.05) is 36.4 Å². The average Bonchev–Trinajstić information content (AvgIpc) is 3.23. The van der Waals surface area contributed by atoms with Crippen LogP contribution in [0.3, 0.4) is 0 Å². The molecular weight excluding hydrogens is 350 g/mol. The summed E-state index contributed by atoms with van der Waals surface area (Å²) < 4.78 is 5.53. The molecule has 0 saturated carbocycles. The Morgan fingerprint density at radius 3 is 2.69 bits per heavy atom. The van der Waals surface area contributed by atoms with Crippen LogP contribution in [0.25, 0.3) is 22.7 Å². The Hall–Kier alpha value is -3.25. The summed E-state index contributed by atoms with van der Waals surface area (Å²) in [5.41, 5.74) is 3.04. The lowest BCUT2D eigenvalue weighted by Crippen LogP contribution is -2.05. The Bertz CT molecular complexity index is 1010. The minimum atomic E-state index is 0.476. The summed E-state index contributed by atoms with van der Waals surface area (Å²) in [5.74, 6) is 1.11. The first-order valence-corrected chi connectivity index (χ1v) is 8.33. The molecule has 0 fully saturated rings. The molecule has 6 nitrogen and oxygen atoms in total. The predicted molar refractivity (Wildman–Crippen MR) is 99.5 cm³/mol. The van der Waals surface area contributed by atoms with Gasteiger partial charge in [0.15, 0.2) is 5.76 Å². The average molecular weight is 364 g/mol. The Labute approximate surface area is 154 Å². The van der Waals surface area contributed by atoms with Gasteiger partial charge in [0, 0.05) is 35.7 Å². The fourth-order valence-corrected chi connectivity index (χ4v) is 2.71. The van der Waals surface area contributed by atoms with Gasteiger partial charge in [0.1, 0.15) is 5.69 Å². The van der Waals surface area contributed by atoms with Gasteiger partial charge in [-0.25, -0.2) is 9.97 Å². The van der Waals surface area contributed by atoms with Gasteiger partial charge in [0.05, 0.1) is 18.2 Å². The standard InChI is InChI=1S/C19H14ClN5O/c20-15-5-2-1-4-13(15)10-23-19-24-11-14(16-12-21-7-8-22-16)18(25-19)17-6-3-9-26-17/h1-9,11-12H,10H2,(H,23,24,25). The van der Waals surface area contributed by atoms with Gasteiger partial charge in [0.25, 0.3) is 0 Å². The van der Waals surface area contributed by atoms with Crippen molar-refractivity contribution in [1.82, 2.24) is 19.9 Å². The van der Waals surface area contributed by atoms with Gasteiger partial charge in [-0.1, -0.05) is 29.8 Å². The van der Waals surface area contributed by atoms with E-state index < -0.39 is 0 Å². The number of hydrogen-bond donors (Lipinski definition) is 1. The first-order valence-electron chi connectivity index (χ1n) is 7.96. The van der Waals surface area contributed by atoms with Crippen LogP contribution in [0.2, 0.25) is 5.02 Å². The summed E-state index contributed by atoms with van der Waals surface area (Å²) in [6, 6.07) is 11.3. The summed E-state index contributed by atoms with van der Waals surface area (Å²) >= 11 is 6.20. The molecular formula is C19H14ClN5O. The fraction of sp³-hybridized carbons (Fsp3) is 0.0526. The second-order valence-corrected chi connectivity index (χ2v) is 5.88. The highest BCUT2D eigenvalue weighted by atomic mass is 35.5. The van der Waals surface area contributed by atoms with Crippen molar-refractivity contribution in [1.29, 1.82) is 0 Å². The molecule has 128 valence electrons. The number of furan rings is 1. The number of nitrogens with zero attached hydrogens (tertiary/aromatic N) is 4. The predicted octanol–water partition coefficient (Wildman–Crippen LogP) is 4.46. The Balaban J connectivity index is 1.68. The maximum absolute atomic E-state index is 6.20. The van der Waals surface area contributed by atoms with Crippen LogP contribution in [-0.2, 0) is 6.54 Å². The lowest BCUT2D eigenvalue weighted by atomic mass is 10.1. The highest BCUT2D eigenvalue weighted by Crippen LogP contribution is 2.29. The van der Waals surface area contributed by atoms with E-state index in [0.29, 0.717) is 34.7 Å². The molecule has 0 bridgehead atoms. The van der Waals surface area contributed by atoms with Gasteiger partial charge < -0.3 is 9.73 Å². The molecule has 26 heavy (non-hydrogen) atoms. The maximum Gasteiger partial charge on any atom is 0.223 e. The van der Waals surface area contributed by atoms with Crippen molar-refractivity contribution in [3.8, 4) is 22.7 Å². The second kappa shape index (κ2) is 7.33. The normalized spacial score (nSPS) is 10.7. The van der Waals surface area contributed by atoms with Gasteiger partial charge in [-0.15, -0.1) is 0 Å². The zero-order chi connectivity index (χ0) is 17.8. The van der Waals surface area contributed by atoms with E-state index in [4.69, 9.17) is 16.0 Å². The van der Waals surface area contributed by atoms with Crippen molar-refractivity contribution in [2.45, 2.75) is 6.54 Å². The minimum absolute atomic E-state index is 0.476. The molecule has 3 aromatic heterocycles. The van der Waals surface area contributed by atoms with Crippen molar-refractivity contribution in [3.05, 3.63) is 78.0 Å². The van der Waals surface area contributed by atoms with Crippen LogP contribution >= 0.6 is 11.6 Å². The quantitative estimate of drug-likeness (QED) is 0.564. The van der Waals surface area contributed by atoms with Gasteiger partial charge in [-0.2, -0.15) is 0 Å². The molecule has 4 rings (SSSR count). The van der Waals surface area contributed by atoms with Gasteiger partial charge in [0.2, 0.25) is 5.95 Å². The monoisotopic (exact) mass is 363 g/mol. The number of halogens is 1. The highest BCUT2D eigenvalue weighted by molar-refractivity contribution is 6.31. The summed E-state index contributed by atoms with van der Waals surface area (Å²) in [7, 11) is 0. The second-order valence-electron chi connectivity index (χ2n) is 5.47. The molecule has 0 radical (unpaired) electrons. The lowest BCUT2D eigenvalue weighted by molar-refractivity contribution is 0.580. The number of nitrogens with one attached hydrogen (secondary N) is 1. The Morgan fingerprint density at radius 1 is 1.00 bits per heavy atom. The van der Waals surface area contributed by atoms with Crippen molar-refractivity contribution >= 4 is 17.5 Å². The number of aromatic nitrogens is 4. The molecule has 1 N–H and O–H groups in total. The van der Waals surface area contributed by atoms with E-state index in [0.717, 1.165) is 11.1 Å². The maximum atomic E-state index is 6.20. The van der Waals surface area contributed by atoms with Gasteiger partial charge in [-0.05, 0) is 23.8 Å². The third-order valence-corrected chi connectivity index (χ3v) is 4.15. The van der Waals surface area contributed by atoms with E-state index >= 15 is 0 Å². The molecule has 0 spiro atoms. The number of anilines is 1. The zero-order valence-corrected chi connectivity index (χ0v) is 14.4. The van der Waals surface area contributed by atoms with Crippen LogP contribution in [0.4, 0.5) is 5.95 Å². The molecule has 0 aliphatic heterocycles. The topological polar surface area (TPSA) is 76.7 Å². The van der Waals surface area contributed by atoms with Crippen molar-refractivity contribution in [3.63, 3.8) is 0 Å². The van der Waals surface area contributed by atoms with Crippen LogP contribution in [0.1, 0.15) is 5.56 Å². The SMILES string of the molecule is Clc1ccccc1CNc1ncc(-c2cnccn2)c(-c2ccco2)n1. The first-order chi connectivity index (χ1) is 12.8. The molecule has 0 aliphatic carbocycles. The van der Waals surface area contributed by atoms with Crippen LogP contribution < -0.4 is 5.32 Å². The minimum Gasteiger partial charge on any atom is -0.463 e. The number of benzene rings is 1. The summed E-state index contributed by atoms with van der Waals surface area (Å²) in [6.45, 7) is 0.516. The van der Waals surface area contributed by atoms with E-state index in [1.54, 1.807) is 31.1 Å². The largest absolute Gasteiger partial charge is 0.463 e. The first kappa shape index (κ1) is 16.2. The summed E-state index contributed by atoms with van der Waals surface area (Å²) in [4.78, 5) is 17.5. The van der Waals surface area contributed by atoms with Gasteiger partial charge in [-0.3, -0.25) is 9.97 Å². The third kappa shape index (κ3) is 3.41. The van der Waals surface area contributed by atoms with E-state index in [2.05, 4.69) is 25.3 Å². The summed E-state index contributed by atoms with van der Waals surface area (Å²) in [5, 5.41) is 3.90. The lowest BCUT2D eigenvalue weighted by Gasteiger charge is -2.10. The molecule has 0 aliphatic rings. The van der Waals surface area contributed by atoms with Crippen molar-refractivity contribution in [2.24, 2.45) is 0 Å². The molecule has 7 heteroatoms. The van der Waals surface area contributed by atoms with Crippen molar-refractivity contribution in [2.75, 3.05) is 5.32 Å². The number of rotatable bonds is 5. The van der Waals surface area contributed by atoms with Crippen LogP contribution in [-0.4, -0.2) is 19.9 Å². The highest BCUT2D eigenvalue weighted by Gasteiger charge is 2.15. The van der Waals surface area contributed by atoms with Crippen LogP contribution in [0, 0.1) is 0 Å².